The van der Waals surface area contributed by atoms with Crippen molar-refractivity contribution in [3.05, 3.63) is 35.1 Å². The summed E-state index contributed by atoms with van der Waals surface area (Å²) in [5.41, 5.74) is 5.15. The molecular formula is C17H15ClF3N5O4. The van der Waals surface area contributed by atoms with Crippen molar-refractivity contribution in [3.63, 3.8) is 0 Å². The first-order valence-corrected chi connectivity index (χ1v) is 9.04. The number of hydrogen-bond donors (Lipinski definition) is 3. The van der Waals surface area contributed by atoms with Crippen LogP contribution in [-0.2, 0) is 10.9 Å². The Morgan fingerprint density at radius 3 is 2.77 bits per heavy atom. The van der Waals surface area contributed by atoms with Crippen LogP contribution in [0.25, 0.3) is 11.2 Å². The number of halogens is 4. The number of imidazole rings is 1. The predicted octanol–water partition coefficient (Wildman–Crippen LogP) is 2.51. The molecule has 0 saturated carbocycles. The van der Waals surface area contributed by atoms with E-state index in [0.29, 0.717) is 0 Å². The van der Waals surface area contributed by atoms with Gasteiger partial charge in [0.15, 0.2) is 23.2 Å². The van der Waals surface area contributed by atoms with Crippen molar-refractivity contribution in [2.24, 2.45) is 0 Å². The lowest BCUT2D eigenvalue weighted by molar-refractivity contribution is -0.137. The zero-order chi connectivity index (χ0) is 21.6. The molecule has 0 bridgehead atoms. The Morgan fingerprint density at radius 2 is 2.10 bits per heavy atom. The van der Waals surface area contributed by atoms with E-state index in [9.17, 15) is 23.4 Å². The molecule has 2 unspecified atom stereocenters. The number of aliphatic hydroxyl groups is 2. The molecule has 0 aliphatic carbocycles. The van der Waals surface area contributed by atoms with Gasteiger partial charge in [-0.3, -0.25) is 4.57 Å². The van der Waals surface area contributed by atoms with Crippen LogP contribution >= 0.6 is 11.6 Å². The van der Waals surface area contributed by atoms with Crippen LogP contribution in [0.15, 0.2) is 24.5 Å². The smallest absolute Gasteiger partial charge is 0.417 e. The van der Waals surface area contributed by atoms with E-state index in [1.807, 2.05) is 0 Å². The molecule has 9 nitrogen and oxygen atoms in total. The maximum atomic E-state index is 13.1. The Bertz CT molecular complexity index is 1090. The summed E-state index contributed by atoms with van der Waals surface area (Å²) in [6, 6.07) is 2.67. The standard InChI is InChI=1S/C17H15ClF3N5O4/c18-10-2-1-7(3-9(10)17(19,20)21)30-16-24-13(22)12-14(25-16)26(6-23-12)15-11(28)4-8(5-27)29-15/h1-3,6,8,11,15,27-28H,4-5H2,(H2,22,24,25)/t8?,11-,15?/m1/s1. The van der Waals surface area contributed by atoms with Crippen LogP contribution in [0.5, 0.6) is 11.8 Å². The summed E-state index contributed by atoms with van der Waals surface area (Å²) in [5, 5.41) is 19.0. The number of anilines is 1. The van der Waals surface area contributed by atoms with E-state index >= 15 is 0 Å². The number of alkyl halides is 3. The molecule has 1 saturated heterocycles. The molecule has 4 rings (SSSR count). The summed E-state index contributed by atoms with van der Waals surface area (Å²) in [6.45, 7) is -0.274. The lowest BCUT2D eigenvalue weighted by Gasteiger charge is -2.16. The van der Waals surface area contributed by atoms with Gasteiger partial charge in [0, 0.05) is 6.42 Å². The van der Waals surface area contributed by atoms with Gasteiger partial charge in [-0.15, -0.1) is 0 Å². The average Bonchev–Trinajstić information content (AvgIpc) is 3.25. The van der Waals surface area contributed by atoms with Gasteiger partial charge in [0.05, 0.1) is 29.6 Å². The maximum Gasteiger partial charge on any atom is 0.417 e. The predicted molar refractivity (Wildman–Crippen MR) is 97.9 cm³/mol. The Balaban J connectivity index is 1.70. The fourth-order valence-electron chi connectivity index (χ4n) is 3.14. The number of benzene rings is 1. The number of nitrogens with zero attached hydrogens (tertiary/aromatic N) is 4. The number of ether oxygens (including phenoxy) is 2. The second kappa shape index (κ2) is 7.54. The molecule has 3 aromatic rings. The van der Waals surface area contributed by atoms with Gasteiger partial charge >= 0.3 is 12.2 Å². The molecule has 1 aliphatic heterocycles. The van der Waals surface area contributed by atoms with E-state index in [1.54, 1.807) is 0 Å². The van der Waals surface area contributed by atoms with Crippen LogP contribution in [0.4, 0.5) is 19.0 Å². The molecule has 160 valence electrons. The van der Waals surface area contributed by atoms with Gasteiger partial charge in [-0.1, -0.05) is 11.6 Å². The number of aromatic nitrogens is 4. The number of aliphatic hydroxyl groups excluding tert-OH is 2. The summed E-state index contributed by atoms with van der Waals surface area (Å²) in [4.78, 5) is 12.2. The van der Waals surface area contributed by atoms with Gasteiger partial charge in [0.25, 0.3) is 0 Å². The SMILES string of the molecule is Nc1nc(Oc2ccc(Cl)c(C(F)(F)F)c2)nc2c1ncn2C1OC(CO)C[C@H]1O. The van der Waals surface area contributed by atoms with Crippen LogP contribution in [0.3, 0.4) is 0 Å². The van der Waals surface area contributed by atoms with Crippen LogP contribution in [0.2, 0.25) is 5.02 Å². The van der Waals surface area contributed by atoms with Crippen molar-refractivity contribution in [3.8, 4) is 11.8 Å². The first kappa shape index (κ1) is 20.6. The molecule has 1 aromatic carbocycles. The summed E-state index contributed by atoms with van der Waals surface area (Å²) in [5.74, 6) is -0.279. The third-order valence-corrected chi connectivity index (χ3v) is 4.85. The molecule has 0 radical (unpaired) electrons. The summed E-state index contributed by atoms with van der Waals surface area (Å²) in [6.07, 6.45) is -5.52. The van der Waals surface area contributed by atoms with Crippen molar-refractivity contribution in [2.75, 3.05) is 12.3 Å². The summed E-state index contributed by atoms with van der Waals surface area (Å²) < 4.78 is 51.5. The van der Waals surface area contributed by atoms with E-state index in [1.165, 1.54) is 17.0 Å². The van der Waals surface area contributed by atoms with E-state index < -0.39 is 35.2 Å². The highest BCUT2D eigenvalue weighted by Crippen LogP contribution is 2.38. The number of rotatable bonds is 4. The minimum Gasteiger partial charge on any atom is -0.424 e. The lowest BCUT2D eigenvalue weighted by Crippen LogP contribution is -2.19. The Kier molecular flexibility index (Phi) is 5.18. The van der Waals surface area contributed by atoms with Gasteiger partial charge < -0.3 is 25.4 Å². The van der Waals surface area contributed by atoms with Crippen LogP contribution < -0.4 is 10.5 Å². The zero-order valence-corrected chi connectivity index (χ0v) is 15.8. The van der Waals surface area contributed by atoms with Crippen molar-refractivity contribution in [1.82, 2.24) is 19.5 Å². The highest BCUT2D eigenvalue weighted by atomic mass is 35.5. The molecule has 13 heteroatoms. The molecule has 2 aromatic heterocycles. The minimum atomic E-state index is -4.67. The molecule has 30 heavy (non-hydrogen) atoms. The highest BCUT2D eigenvalue weighted by molar-refractivity contribution is 6.31. The number of fused-ring (bicyclic) bond motifs is 1. The van der Waals surface area contributed by atoms with Gasteiger partial charge in [-0.05, 0) is 18.2 Å². The monoisotopic (exact) mass is 445 g/mol. The van der Waals surface area contributed by atoms with E-state index in [4.69, 9.17) is 26.8 Å². The molecule has 3 atom stereocenters. The summed E-state index contributed by atoms with van der Waals surface area (Å²) >= 11 is 5.61. The quantitative estimate of drug-likeness (QED) is 0.558. The summed E-state index contributed by atoms with van der Waals surface area (Å²) in [7, 11) is 0. The number of nitrogen functional groups attached to an aromatic ring is 1. The average molecular weight is 446 g/mol. The van der Waals surface area contributed by atoms with Gasteiger partial charge in [0.2, 0.25) is 0 Å². The van der Waals surface area contributed by atoms with Crippen molar-refractivity contribution in [1.29, 1.82) is 0 Å². The van der Waals surface area contributed by atoms with Gasteiger partial charge in [-0.2, -0.15) is 23.1 Å². The normalized spacial score (nSPS) is 22.0. The van der Waals surface area contributed by atoms with E-state index in [0.717, 1.165) is 12.1 Å². The van der Waals surface area contributed by atoms with Gasteiger partial charge in [0.1, 0.15) is 11.9 Å². The Labute approximate surface area is 171 Å². The number of hydrogen-bond acceptors (Lipinski definition) is 8. The zero-order valence-electron chi connectivity index (χ0n) is 15.0. The van der Waals surface area contributed by atoms with Gasteiger partial charge in [-0.25, -0.2) is 4.98 Å². The topological polar surface area (TPSA) is 129 Å². The Morgan fingerprint density at radius 1 is 1.33 bits per heavy atom. The van der Waals surface area contributed by atoms with Crippen LogP contribution in [0.1, 0.15) is 18.2 Å². The fourth-order valence-corrected chi connectivity index (χ4v) is 3.36. The molecule has 0 amide bonds. The van der Waals surface area contributed by atoms with Crippen molar-refractivity contribution < 1.29 is 32.9 Å². The third kappa shape index (κ3) is 3.74. The van der Waals surface area contributed by atoms with Crippen molar-refractivity contribution in [2.45, 2.75) is 31.0 Å². The number of nitrogens with two attached hydrogens (primary N) is 1. The first-order valence-electron chi connectivity index (χ1n) is 8.66. The van der Waals surface area contributed by atoms with E-state index in [2.05, 4.69) is 15.0 Å². The molecule has 3 heterocycles. The van der Waals surface area contributed by atoms with E-state index in [-0.39, 0.29) is 41.8 Å². The lowest BCUT2D eigenvalue weighted by atomic mass is 10.2. The largest absolute Gasteiger partial charge is 0.424 e. The maximum absolute atomic E-state index is 13.1. The van der Waals surface area contributed by atoms with Crippen molar-refractivity contribution >= 4 is 28.6 Å². The minimum absolute atomic E-state index is 0.0787. The first-order chi connectivity index (χ1) is 14.2. The fraction of sp³-hybridized carbons (Fsp3) is 0.353. The second-order valence-electron chi connectivity index (χ2n) is 6.59. The van der Waals surface area contributed by atoms with Crippen LogP contribution in [0, 0.1) is 0 Å². The Hall–Kier alpha value is -2.67. The molecule has 1 aliphatic rings. The highest BCUT2D eigenvalue weighted by Gasteiger charge is 2.36. The molecular weight excluding hydrogens is 431 g/mol. The molecule has 0 spiro atoms. The molecule has 4 N–H and O–H groups in total. The third-order valence-electron chi connectivity index (χ3n) is 4.52. The van der Waals surface area contributed by atoms with Crippen LogP contribution in [-0.4, -0.2) is 48.5 Å². The molecule has 1 fully saturated rings. The second-order valence-corrected chi connectivity index (χ2v) is 7.00.